The fourth-order valence-corrected chi connectivity index (χ4v) is 4.92. The van der Waals surface area contributed by atoms with Crippen molar-refractivity contribution < 1.29 is 19.1 Å². The zero-order valence-corrected chi connectivity index (χ0v) is 18.6. The van der Waals surface area contributed by atoms with Crippen LogP contribution in [0, 0.1) is 5.82 Å². The molecule has 0 aliphatic carbocycles. The molecule has 0 bridgehead atoms. The van der Waals surface area contributed by atoms with Gasteiger partial charge in [-0.15, -0.1) is 11.3 Å². The van der Waals surface area contributed by atoms with Crippen LogP contribution >= 0.6 is 22.9 Å². The lowest BCUT2D eigenvalue weighted by Crippen LogP contribution is -2.46. The van der Waals surface area contributed by atoms with Gasteiger partial charge in [-0.2, -0.15) is 0 Å². The first-order valence-corrected chi connectivity index (χ1v) is 11.4. The number of hydrogen-bond acceptors (Lipinski definition) is 6. The van der Waals surface area contributed by atoms with Crippen molar-refractivity contribution in [3.63, 3.8) is 0 Å². The van der Waals surface area contributed by atoms with Crippen LogP contribution in [0.25, 0.3) is 11.3 Å². The van der Waals surface area contributed by atoms with E-state index in [-0.39, 0.29) is 29.3 Å². The van der Waals surface area contributed by atoms with Crippen molar-refractivity contribution in [2.75, 3.05) is 6.54 Å². The topological polar surface area (TPSA) is 107 Å². The van der Waals surface area contributed by atoms with Crippen LogP contribution in [0.2, 0.25) is 5.02 Å². The van der Waals surface area contributed by atoms with Crippen LogP contribution in [0.5, 0.6) is 0 Å². The van der Waals surface area contributed by atoms with Crippen molar-refractivity contribution in [3.8, 4) is 11.3 Å². The van der Waals surface area contributed by atoms with Gasteiger partial charge in [0.2, 0.25) is 0 Å². The second-order valence-corrected chi connectivity index (χ2v) is 9.08. The molecule has 1 aliphatic heterocycles. The number of aliphatic hydroxyl groups is 1. The molecule has 2 aromatic heterocycles. The standard InChI is InChI=1S/C22H22ClFN4O3S/c23-13-5-4-12(9-14(13)24)15-6-7-17(26-15)21(31)28-20(16-3-1-2-8-25-16)22-27-18(10-29)19(11-30)32-22/h4-7,9-10,16,20,25-26,30H,1-3,8,11H2,(H,28,31). The molecule has 2 atom stereocenters. The van der Waals surface area contributed by atoms with Crippen molar-refractivity contribution >= 4 is 35.1 Å². The maximum absolute atomic E-state index is 13.8. The Labute approximate surface area is 193 Å². The molecule has 0 spiro atoms. The zero-order chi connectivity index (χ0) is 22.7. The molecule has 4 N–H and O–H groups in total. The highest BCUT2D eigenvalue weighted by molar-refractivity contribution is 7.12. The summed E-state index contributed by atoms with van der Waals surface area (Å²) in [5.41, 5.74) is 1.65. The molecular weight excluding hydrogens is 455 g/mol. The summed E-state index contributed by atoms with van der Waals surface area (Å²) >= 11 is 6.97. The predicted octanol–water partition coefficient (Wildman–Crippen LogP) is 3.85. The first kappa shape index (κ1) is 22.6. The lowest BCUT2D eigenvalue weighted by Gasteiger charge is -2.30. The Kier molecular flexibility index (Phi) is 7.00. The molecular formula is C22H22ClFN4O3S. The first-order chi connectivity index (χ1) is 15.5. The van der Waals surface area contributed by atoms with Gasteiger partial charge >= 0.3 is 0 Å². The van der Waals surface area contributed by atoms with Crippen molar-refractivity contribution in [2.45, 2.75) is 38.0 Å². The number of nitrogens with zero attached hydrogens (tertiary/aromatic N) is 1. The molecule has 32 heavy (non-hydrogen) atoms. The molecule has 2 unspecified atom stereocenters. The maximum Gasteiger partial charge on any atom is 0.268 e. The number of rotatable bonds is 7. The Morgan fingerprint density at radius 1 is 1.38 bits per heavy atom. The summed E-state index contributed by atoms with van der Waals surface area (Å²) in [6.45, 7) is 0.534. The molecule has 168 valence electrons. The van der Waals surface area contributed by atoms with Gasteiger partial charge in [-0.25, -0.2) is 9.37 Å². The second-order valence-electron chi connectivity index (χ2n) is 7.56. The van der Waals surface area contributed by atoms with Gasteiger partial charge in [-0.1, -0.05) is 24.1 Å². The van der Waals surface area contributed by atoms with E-state index in [4.69, 9.17) is 11.6 Å². The van der Waals surface area contributed by atoms with E-state index in [1.807, 2.05) is 0 Å². The monoisotopic (exact) mass is 476 g/mol. The number of aromatic nitrogens is 2. The van der Waals surface area contributed by atoms with Crippen LogP contribution in [0.1, 0.15) is 56.2 Å². The van der Waals surface area contributed by atoms with Gasteiger partial charge in [0.1, 0.15) is 22.2 Å². The number of halogens is 2. The molecule has 1 fully saturated rings. The number of carbonyl (C=O) groups excluding carboxylic acids is 2. The number of carbonyl (C=O) groups is 2. The number of thiazole rings is 1. The van der Waals surface area contributed by atoms with E-state index in [2.05, 4.69) is 20.6 Å². The van der Waals surface area contributed by atoms with Crippen LogP contribution in [0.15, 0.2) is 30.3 Å². The average molecular weight is 477 g/mol. The van der Waals surface area contributed by atoms with E-state index in [0.29, 0.717) is 33.1 Å². The summed E-state index contributed by atoms with van der Waals surface area (Å²) < 4.78 is 13.8. The Morgan fingerprint density at radius 2 is 2.22 bits per heavy atom. The fourth-order valence-electron chi connectivity index (χ4n) is 3.80. The molecule has 7 nitrogen and oxygen atoms in total. The molecule has 1 saturated heterocycles. The van der Waals surface area contributed by atoms with Gasteiger partial charge in [0, 0.05) is 17.3 Å². The predicted molar refractivity (Wildman–Crippen MR) is 120 cm³/mol. The van der Waals surface area contributed by atoms with E-state index >= 15 is 0 Å². The highest BCUT2D eigenvalue weighted by Gasteiger charge is 2.30. The minimum absolute atomic E-state index is 0.0292. The average Bonchev–Trinajstić information content (AvgIpc) is 3.47. The Hall–Kier alpha value is -2.59. The molecule has 1 aliphatic rings. The number of aromatic amines is 1. The zero-order valence-electron chi connectivity index (χ0n) is 17.0. The molecule has 1 aromatic carbocycles. The normalized spacial score (nSPS) is 17.2. The van der Waals surface area contributed by atoms with Crippen LogP contribution in [0.3, 0.4) is 0 Å². The Balaban J connectivity index is 1.58. The summed E-state index contributed by atoms with van der Waals surface area (Å²) in [7, 11) is 0. The summed E-state index contributed by atoms with van der Waals surface area (Å²) in [6.07, 6.45) is 3.52. The number of piperidine rings is 1. The number of aliphatic hydroxyl groups excluding tert-OH is 1. The van der Waals surface area contributed by atoms with Crippen LogP contribution in [-0.2, 0) is 6.61 Å². The van der Waals surface area contributed by atoms with Gasteiger partial charge in [0.25, 0.3) is 5.91 Å². The minimum Gasteiger partial charge on any atom is -0.391 e. The number of amides is 1. The highest BCUT2D eigenvalue weighted by Crippen LogP contribution is 2.29. The molecule has 1 amide bonds. The van der Waals surface area contributed by atoms with Crippen molar-refractivity contribution in [2.24, 2.45) is 0 Å². The third-order valence-corrected chi connectivity index (χ3v) is 6.91. The molecule has 3 heterocycles. The minimum atomic E-state index is -0.539. The lowest BCUT2D eigenvalue weighted by atomic mass is 9.98. The second kappa shape index (κ2) is 9.91. The summed E-state index contributed by atoms with van der Waals surface area (Å²) in [5.74, 6) is -0.890. The van der Waals surface area contributed by atoms with E-state index < -0.39 is 11.9 Å². The van der Waals surface area contributed by atoms with Crippen LogP contribution in [-0.4, -0.2) is 39.9 Å². The highest BCUT2D eigenvalue weighted by atomic mass is 35.5. The maximum atomic E-state index is 13.8. The summed E-state index contributed by atoms with van der Waals surface area (Å²) in [4.78, 5) is 32.2. The van der Waals surface area contributed by atoms with Crippen molar-refractivity contribution in [3.05, 3.63) is 62.4 Å². The molecule has 3 aromatic rings. The van der Waals surface area contributed by atoms with Crippen molar-refractivity contribution in [1.29, 1.82) is 0 Å². The number of benzene rings is 1. The lowest BCUT2D eigenvalue weighted by molar-refractivity contribution is 0.0918. The van der Waals surface area contributed by atoms with Gasteiger partial charge < -0.3 is 20.7 Å². The first-order valence-electron chi connectivity index (χ1n) is 10.2. The molecule has 0 radical (unpaired) electrons. The van der Waals surface area contributed by atoms with Gasteiger partial charge in [0.15, 0.2) is 6.29 Å². The number of H-pyrrole nitrogens is 1. The number of aldehydes is 1. The fraction of sp³-hybridized carbons (Fsp3) is 0.318. The van der Waals surface area contributed by atoms with E-state index in [1.165, 1.54) is 23.5 Å². The van der Waals surface area contributed by atoms with E-state index in [9.17, 15) is 19.1 Å². The third-order valence-electron chi connectivity index (χ3n) is 5.46. The quantitative estimate of drug-likeness (QED) is 0.387. The van der Waals surface area contributed by atoms with Crippen molar-refractivity contribution in [1.82, 2.24) is 20.6 Å². The van der Waals surface area contributed by atoms with Crippen LogP contribution in [0.4, 0.5) is 4.39 Å². The van der Waals surface area contributed by atoms with Gasteiger partial charge in [-0.3, -0.25) is 9.59 Å². The third kappa shape index (κ3) is 4.75. The molecule has 4 rings (SSSR count). The summed E-state index contributed by atoms with van der Waals surface area (Å²) in [5, 5.41) is 16.6. The summed E-state index contributed by atoms with van der Waals surface area (Å²) in [6, 6.07) is 7.24. The van der Waals surface area contributed by atoms with Crippen LogP contribution < -0.4 is 10.6 Å². The Bertz CT molecular complexity index is 1130. The van der Waals surface area contributed by atoms with Gasteiger partial charge in [-0.05, 0) is 43.7 Å². The SMILES string of the molecule is O=Cc1nc(C(NC(=O)c2ccc(-c3ccc(Cl)c(F)c3)[nH]2)C2CCCCN2)sc1CO. The molecule has 10 heteroatoms. The van der Waals surface area contributed by atoms with E-state index in [0.717, 1.165) is 25.8 Å². The largest absolute Gasteiger partial charge is 0.391 e. The van der Waals surface area contributed by atoms with E-state index in [1.54, 1.807) is 18.2 Å². The Morgan fingerprint density at radius 3 is 2.88 bits per heavy atom. The smallest absolute Gasteiger partial charge is 0.268 e. The number of nitrogens with one attached hydrogen (secondary N) is 3. The molecule has 0 saturated carbocycles. The van der Waals surface area contributed by atoms with Gasteiger partial charge in [0.05, 0.1) is 22.5 Å². The number of hydrogen-bond donors (Lipinski definition) is 4.